The lowest BCUT2D eigenvalue weighted by molar-refractivity contribution is -0.104. The number of nitrogen functional groups attached to an aromatic ring is 1. The number of aromatic nitrogens is 3. The largest absolute Gasteiger partial charge is 0.398 e. The summed E-state index contributed by atoms with van der Waals surface area (Å²) >= 11 is 0. The minimum Gasteiger partial charge on any atom is -0.398 e. The molecule has 4 N–H and O–H groups in total. The summed E-state index contributed by atoms with van der Waals surface area (Å²) < 4.78 is 2.02. The molecular formula is C24H19N5O. The maximum atomic E-state index is 10.6. The molecule has 0 fully saturated rings. The second kappa shape index (κ2) is 7.94. The molecule has 0 spiro atoms. The van der Waals surface area contributed by atoms with E-state index in [0.29, 0.717) is 23.5 Å². The number of nitrogens with zero attached hydrogens (tertiary/aromatic N) is 3. The third kappa shape index (κ3) is 3.64. The first kappa shape index (κ1) is 19.0. The van der Waals surface area contributed by atoms with Gasteiger partial charge < -0.3 is 11.5 Å². The van der Waals surface area contributed by atoms with Crippen LogP contribution in [0.25, 0.3) is 22.6 Å². The highest BCUT2D eigenvalue weighted by Gasteiger charge is 2.14. The van der Waals surface area contributed by atoms with Gasteiger partial charge in [0.2, 0.25) is 0 Å². The van der Waals surface area contributed by atoms with E-state index >= 15 is 0 Å². The minimum atomic E-state index is 0.400. The first-order chi connectivity index (χ1) is 14.6. The van der Waals surface area contributed by atoms with Gasteiger partial charge in [-0.2, -0.15) is 0 Å². The van der Waals surface area contributed by atoms with Crippen molar-refractivity contribution in [2.75, 3.05) is 5.73 Å². The number of carbonyl (C=O) groups excluding carboxylic acids is 1. The Bertz CT molecular complexity index is 1340. The smallest absolute Gasteiger partial charge is 0.144 e. The highest BCUT2D eigenvalue weighted by Crippen LogP contribution is 2.27. The number of carbonyl (C=O) groups is 1. The van der Waals surface area contributed by atoms with Crippen molar-refractivity contribution in [1.29, 1.82) is 0 Å². The molecule has 0 aliphatic carbocycles. The van der Waals surface area contributed by atoms with E-state index in [9.17, 15) is 4.79 Å². The lowest BCUT2D eigenvalue weighted by atomic mass is 10.1. The van der Waals surface area contributed by atoms with Gasteiger partial charge in [-0.3, -0.25) is 9.20 Å². The number of anilines is 1. The zero-order chi connectivity index (χ0) is 21.1. The maximum Gasteiger partial charge on any atom is 0.144 e. The molecule has 0 radical (unpaired) electrons. The predicted molar refractivity (Wildman–Crippen MR) is 118 cm³/mol. The average molecular weight is 393 g/mol. The van der Waals surface area contributed by atoms with E-state index in [-0.39, 0.29) is 0 Å². The molecule has 4 rings (SSSR count). The summed E-state index contributed by atoms with van der Waals surface area (Å²) in [6.45, 7) is 1.96. The van der Waals surface area contributed by atoms with Crippen molar-refractivity contribution in [1.82, 2.24) is 14.4 Å². The summed E-state index contributed by atoms with van der Waals surface area (Å²) in [5, 5.41) is 0. The molecule has 0 aliphatic heterocycles. The first-order valence-electron chi connectivity index (χ1n) is 9.31. The van der Waals surface area contributed by atoms with Gasteiger partial charge in [0.25, 0.3) is 0 Å². The molecule has 3 aromatic heterocycles. The summed E-state index contributed by atoms with van der Waals surface area (Å²) in [7, 11) is 0. The molecule has 0 saturated heterocycles. The molecule has 0 unspecified atom stereocenters. The van der Waals surface area contributed by atoms with E-state index in [2.05, 4.69) is 21.8 Å². The van der Waals surface area contributed by atoms with Gasteiger partial charge in [-0.25, -0.2) is 9.97 Å². The Kier molecular flexibility index (Phi) is 5.02. The topological polar surface area (TPSA) is 99.3 Å². The molecule has 0 aliphatic rings. The Hall–Kier alpha value is -4.37. The number of pyridine rings is 2. The van der Waals surface area contributed by atoms with Crippen LogP contribution < -0.4 is 11.5 Å². The third-order valence-corrected chi connectivity index (χ3v) is 4.67. The van der Waals surface area contributed by atoms with E-state index in [0.717, 1.165) is 33.7 Å². The molecule has 1 aromatic carbocycles. The Morgan fingerprint density at radius 2 is 1.83 bits per heavy atom. The molecule has 30 heavy (non-hydrogen) atoms. The molecule has 0 atom stereocenters. The van der Waals surface area contributed by atoms with Crippen molar-refractivity contribution in [2.24, 2.45) is 5.73 Å². The first-order valence-corrected chi connectivity index (χ1v) is 9.31. The van der Waals surface area contributed by atoms with Crippen molar-refractivity contribution in [3.05, 3.63) is 89.4 Å². The number of hydrogen-bond acceptors (Lipinski definition) is 5. The second-order valence-electron chi connectivity index (χ2n) is 6.69. The number of allylic oxidation sites excluding steroid dienone is 1. The van der Waals surface area contributed by atoms with Gasteiger partial charge >= 0.3 is 0 Å². The van der Waals surface area contributed by atoms with E-state index < -0.39 is 0 Å². The fraction of sp³-hybridized carbons (Fsp3) is 0.0417. The summed E-state index contributed by atoms with van der Waals surface area (Å²) in [4.78, 5) is 19.7. The monoisotopic (exact) mass is 393 g/mol. The van der Waals surface area contributed by atoms with E-state index in [4.69, 9.17) is 11.5 Å². The van der Waals surface area contributed by atoms with Gasteiger partial charge in [0.1, 0.15) is 23.4 Å². The van der Waals surface area contributed by atoms with Crippen LogP contribution in [0.4, 0.5) is 5.82 Å². The predicted octanol–water partition coefficient (Wildman–Crippen LogP) is 3.19. The number of aryl methyl sites for hydroxylation is 1. The number of aldehydes is 1. The van der Waals surface area contributed by atoms with Gasteiger partial charge in [-0.05, 0) is 54.8 Å². The van der Waals surface area contributed by atoms with E-state index in [1.54, 1.807) is 6.07 Å². The Balaban J connectivity index is 1.77. The molecule has 6 heteroatoms. The lowest BCUT2D eigenvalue weighted by Gasteiger charge is -2.06. The molecule has 4 aromatic rings. The van der Waals surface area contributed by atoms with E-state index in [1.165, 1.54) is 6.08 Å². The number of benzene rings is 1. The van der Waals surface area contributed by atoms with Crippen LogP contribution in [0.5, 0.6) is 0 Å². The molecular weight excluding hydrogens is 374 g/mol. The van der Waals surface area contributed by atoms with Crippen LogP contribution in [0.1, 0.15) is 22.5 Å². The van der Waals surface area contributed by atoms with Crippen LogP contribution in [0, 0.1) is 18.8 Å². The van der Waals surface area contributed by atoms with Gasteiger partial charge in [-0.15, -0.1) is 0 Å². The number of hydrogen-bond donors (Lipinski definition) is 2. The number of imidazole rings is 1. The molecule has 0 amide bonds. The van der Waals surface area contributed by atoms with Crippen LogP contribution >= 0.6 is 0 Å². The van der Waals surface area contributed by atoms with Crippen molar-refractivity contribution in [3.63, 3.8) is 0 Å². The summed E-state index contributed by atoms with van der Waals surface area (Å²) in [6, 6.07) is 16.9. The van der Waals surface area contributed by atoms with Crippen molar-refractivity contribution in [2.45, 2.75) is 6.92 Å². The van der Waals surface area contributed by atoms with Crippen LogP contribution in [0.15, 0.2) is 66.9 Å². The number of nitrogens with two attached hydrogens (primary N) is 2. The fourth-order valence-corrected chi connectivity index (χ4v) is 3.25. The van der Waals surface area contributed by atoms with Crippen molar-refractivity contribution < 1.29 is 4.79 Å². The van der Waals surface area contributed by atoms with E-state index in [1.807, 2.05) is 66.1 Å². The second-order valence-corrected chi connectivity index (χ2v) is 6.69. The molecule has 146 valence electrons. The Morgan fingerprint density at radius 3 is 2.60 bits per heavy atom. The number of rotatable bonds is 3. The number of fused-ring (bicyclic) bond motifs is 1. The standard InChI is InChI=1S/C24H19N5O/c1-16-24(29-14-3-2-4-23(29)27-16)19-10-12-22(26)28-21(19)11-7-17-5-8-18(9-6-17)20(25)13-15-30/h2-6,8-10,12-15H,25H2,1H3,(H2,26,28)/b20-13-. The SMILES string of the molecule is Cc1nc2ccccn2c1-c1ccc(N)nc1C#Cc1ccc(/C(N)=C/C=O)cc1. The fourth-order valence-electron chi connectivity index (χ4n) is 3.25. The molecule has 0 saturated carbocycles. The third-order valence-electron chi connectivity index (χ3n) is 4.67. The molecule has 6 nitrogen and oxygen atoms in total. The van der Waals surface area contributed by atoms with Gasteiger partial charge in [0.05, 0.1) is 11.4 Å². The highest BCUT2D eigenvalue weighted by molar-refractivity contribution is 5.80. The summed E-state index contributed by atoms with van der Waals surface area (Å²) in [5.41, 5.74) is 17.9. The zero-order valence-electron chi connectivity index (χ0n) is 16.3. The lowest BCUT2D eigenvalue weighted by Crippen LogP contribution is -1.98. The average Bonchev–Trinajstić information content (AvgIpc) is 3.08. The van der Waals surface area contributed by atoms with Crippen LogP contribution in [0.2, 0.25) is 0 Å². The Labute approximate surface area is 173 Å². The van der Waals surface area contributed by atoms with Gasteiger partial charge in [-0.1, -0.05) is 24.1 Å². The van der Waals surface area contributed by atoms with Crippen LogP contribution in [-0.4, -0.2) is 20.7 Å². The summed E-state index contributed by atoms with van der Waals surface area (Å²) in [6.07, 6.45) is 3.95. The quantitative estimate of drug-likeness (QED) is 0.316. The van der Waals surface area contributed by atoms with Crippen molar-refractivity contribution >= 4 is 23.4 Å². The normalized spacial score (nSPS) is 11.2. The Morgan fingerprint density at radius 1 is 1.03 bits per heavy atom. The van der Waals surface area contributed by atoms with Gasteiger partial charge in [0.15, 0.2) is 0 Å². The van der Waals surface area contributed by atoms with Crippen molar-refractivity contribution in [3.8, 4) is 23.1 Å². The van der Waals surface area contributed by atoms with Crippen LogP contribution in [-0.2, 0) is 4.79 Å². The zero-order valence-corrected chi connectivity index (χ0v) is 16.3. The van der Waals surface area contributed by atoms with Gasteiger partial charge in [0, 0.05) is 29.1 Å². The minimum absolute atomic E-state index is 0.400. The highest BCUT2D eigenvalue weighted by atomic mass is 16.1. The van der Waals surface area contributed by atoms with Crippen LogP contribution in [0.3, 0.4) is 0 Å². The summed E-state index contributed by atoms with van der Waals surface area (Å²) in [5.74, 6) is 6.67. The molecule has 3 heterocycles. The molecule has 0 bridgehead atoms. The maximum absolute atomic E-state index is 10.6.